The number of hydrogen-bond acceptors (Lipinski definition) is 5. The largest absolute Gasteiger partial charge is 0.431 e. The standard InChI is InChI=1S/C17H16N4O3S/c1-18-16(23)21-20-15(22)12-7-3-2-6-11(12)10-25-17-19-13-8-4-5-9-14(13)24-17/h2-9H,10H2,1H3,(H,20,22)(H2,18,21,23). The summed E-state index contributed by atoms with van der Waals surface area (Å²) in [5, 5.41) is 2.90. The van der Waals surface area contributed by atoms with E-state index < -0.39 is 11.9 Å². The second kappa shape index (κ2) is 7.71. The van der Waals surface area contributed by atoms with Crippen LogP contribution in [-0.4, -0.2) is 24.0 Å². The van der Waals surface area contributed by atoms with Gasteiger partial charge in [-0.05, 0) is 23.8 Å². The molecule has 3 aromatic rings. The lowest BCUT2D eigenvalue weighted by Gasteiger charge is -2.10. The molecule has 0 bridgehead atoms. The number of amides is 3. The van der Waals surface area contributed by atoms with Gasteiger partial charge >= 0.3 is 6.03 Å². The summed E-state index contributed by atoms with van der Waals surface area (Å²) in [6, 6.07) is 14.2. The molecule has 0 aliphatic carbocycles. The molecule has 3 N–H and O–H groups in total. The molecule has 1 heterocycles. The van der Waals surface area contributed by atoms with Crippen LogP contribution in [-0.2, 0) is 5.75 Å². The topological polar surface area (TPSA) is 96.3 Å². The van der Waals surface area contributed by atoms with Gasteiger partial charge in [0.2, 0.25) is 0 Å². The molecule has 0 unspecified atom stereocenters. The normalized spacial score (nSPS) is 10.4. The number of nitrogens with zero attached hydrogens (tertiary/aromatic N) is 1. The zero-order valence-electron chi connectivity index (χ0n) is 13.4. The molecule has 0 fully saturated rings. The van der Waals surface area contributed by atoms with Crippen molar-refractivity contribution in [2.45, 2.75) is 11.0 Å². The van der Waals surface area contributed by atoms with Crippen LogP contribution in [0.15, 0.2) is 58.2 Å². The summed E-state index contributed by atoms with van der Waals surface area (Å²) >= 11 is 1.40. The lowest BCUT2D eigenvalue weighted by molar-refractivity contribution is 0.0936. The molecule has 25 heavy (non-hydrogen) atoms. The molecule has 0 spiro atoms. The Labute approximate surface area is 148 Å². The van der Waals surface area contributed by atoms with Crippen molar-refractivity contribution >= 4 is 34.8 Å². The van der Waals surface area contributed by atoms with Gasteiger partial charge in [0, 0.05) is 18.4 Å². The van der Waals surface area contributed by atoms with Crippen LogP contribution < -0.4 is 16.2 Å². The number of benzene rings is 2. The number of carbonyl (C=O) groups is 2. The van der Waals surface area contributed by atoms with Gasteiger partial charge in [-0.3, -0.25) is 10.2 Å². The van der Waals surface area contributed by atoms with Gasteiger partial charge in [-0.2, -0.15) is 0 Å². The highest BCUT2D eigenvalue weighted by Gasteiger charge is 2.13. The minimum Gasteiger partial charge on any atom is -0.431 e. The maximum Gasteiger partial charge on any atom is 0.333 e. The lowest BCUT2D eigenvalue weighted by atomic mass is 10.1. The fourth-order valence-electron chi connectivity index (χ4n) is 2.16. The number of thioether (sulfide) groups is 1. The number of nitrogens with one attached hydrogen (secondary N) is 3. The van der Waals surface area contributed by atoms with E-state index in [1.54, 1.807) is 12.1 Å². The number of oxazole rings is 1. The van der Waals surface area contributed by atoms with E-state index in [4.69, 9.17) is 4.42 Å². The number of hydrazine groups is 1. The number of aromatic nitrogens is 1. The van der Waals surface area contributed by atoms with Gasteiger partial charge < -0.3 is 9.73 Å². The van der Waals surface area contributed by atoms with Gasteiger partial charge in [-0.15, -0.1) is 0 Å². The van der Waals surface area contributed by atoms with Crippen LogP contribution in [0.2, 0.25) is 0 Å². The van der Waals surface area contributed by atoms with E-state index in [-0.39, 0.29) is 0 Å². The Kier molecular flexibility index (Phi) is 5.20. The van der Waals surface area contributed by atoms with E-state index >= 15 is 0 Å². The first-order valence-electron chi connectivity index (χ1n) is 7.51. The SMILES string of the molecule is CNC(=O)NNC(=O)c1ccccc1CSc1nc2ccccc2o1. The second-order valence-electron chi connectivity index (χ2n) is 5.05. The van der Waals surface area contributed by atoms with E-state index in [0.29, 0.717) is 16.5 Å². The van der Waals surface area contributed by atoms with E-state index in [1.165, 1.54) is 18.8 Å². The summed E-state index contributed by atoms with van der Waals surface area (Å²) in [4.78, 5) is 27.8. The molecule has 0 aliphatic heterocycles. The Hall–Kier alpha value is -3.00. The van der Waals surface area contributed by atoms with Crippen LogP contribution in [0.4, 0.5) is 4.79 Å². The fraction of sp³-hybridized carbons (Fsp3) is 0.118. The highest BCUT2D eigenvalue weighted by atomic mass is 32.2. The van der Waals surface area contributed by atoms with Crippen molar-refractivity contribution in [3.63, 3.8) is 0 Å². The van der Waals surface area contributed by atoms with E-state index in [1.807, 2.05) is 36.4 Å². The third kappa shape index (κ3) is 4.10. The summed E-state index contributed by atoms with van der Waals surface area (Å²) in [5.41, 5.74) is 7.43. The first-order valence-corrected chi connectivity index (χ1v) is 8.50. The Morgan fingerprint density at radius 1 is 1.08 bits per heavy atom. The predicted molar refractivity (Wildman–Crippen MR) is 95.1 cm³/mol. The molecule has 8 heteroatoms. The number of carbonyl (C=O) groups excluding carboxylic acids is 2. The van der Waals surface area contributed by atoms with Crippen molar-refractivity contribution in [2.75, 3.05) is 7.05 Å². The van der Waals surface area contributed by atoms with Gasteiger partial charge in [-0.1, -0.05) is 42.1 Å². The molecule has 0 saturated heterocycles. The Morgan fingerprint density at radius 2 is 1.84 bits per heavy atom. The maximum absolute atomic E-state index is 12.2. The number of fused-ring (bicyclic) bond motifs is 1. The summed E-state index contributed by atoms with van der Waals surface area (Å²) in [6.07, 6.45) is 0. The molecule has 3 rings (SSSR count). The molecular weight excluding hydrogens is 340 g/mol. The van der Waals surface area contributed by atoms with Crippen molar-refractivity contribution in [1.82, 2.24) is 21.2 Å². The molecule has 1 aromatic heterocycles. The highest BCUT2D eigenvalue weighted by Crippen LogP contribution is 2.27. The number of para-hydroxylation sites is 2. The molecule has 2 aromatic carbocycles. The molecule has 0 saturated carbocycles. The summed E-state index contributed by atoms with van der Waals surface area (Å²) in [6.45, 7) is 0. The molecule has 0 atom stereocenters. The number of urea groups is 1. The molecular formula is C17H16N4O3S. The van der Waals surface area contributed by atoms with Crippen LogP contribution in [0, 0.1) is 0 Å². The molecule has 0 radical (unpaired) electrons. The maximum atomic E-state index is 12.2. The number of rotatable bonds is 4. The van der Waals surface area contributed by atoms with E-state index in [9.17, 15) is 9.59 Å². The monoisotopic (exact) mass is 356 g/mol. The van der Waals surface area contributed by atoms with Crippen molar-refractivity contribution in [1.29, 1.82) is 0 Å². The molecule has 128 valence electrons. The molecule has 0 aliphatic rings. The van der Waals surface area contributed by atoms with Crippen LogP contribution in [0.1, 0.15) is 15.9 Å². The van der Waals surface area contributed by atoms with Gasteiger partial charge in [0.05, 0.1) is 0 Å². The van der Waals surface area contributed by atoms with Crippen molar-refractivity contribution in [3.8, 4) is 0 Å². The van der Waals surface area contributed by atoms with Crippen molar-refractivity contribution in [3.05, 3.63) is 59.7 Å². The van der Waals surface area contributed by atoms with Crippen LogP contribution >= 0.6 is 11.8 Å². The predicted octanol–water partition coefficient (Wildman–Crippen LogP) is 2.69. The minimum atomic E-state index is -0.494. The smallest absolute Gasteiger partial charge is 0.333 e. The van der Waals surface area contributed by atoms with Crippen molar-refractivity contribution < 1.29 is 14.0 Å². The minimum absolute atomic E-state index is 0.391. The van der Waals surface area contributed by atoms with Gasteiger partial charge in [0.15, 0.2) is 5.58 Å². The second-order valence-corrected chi connectivity index (χ2v) is 5.98. The third-order valence-electron chi connectivity index (χ3n) is 3.40. The zero-order chi connectivity index (χ0) is 17.6. The van der Waals surface area contributed by atoms with E-state index in [0.717, 1.165) is 16.7 Å². The highest BCUT2D eigenvalue weighted by molar-refractivity contribution is 7.98. The lowest BCUT2D eigenvalue weighted by Crippen LogP contribution is -2.46. The van der Waals surface area contributed by atoms with E-state index in [2.05, 4.69) is 21.2 Å². The molecule has 7 nitrogen and oxygen atoms in total. The van der Waals surface area contributed by atoms with Crippen LogP contribution in [0.3, 0.4) is 0 Å². The average molecular weight is 356 g/mol. The Bertz CT molecular complexity index is 877. The van der Waals surface area contributed by atoms with Gasteiger partial charge in [0.1, 0.15) is 5.52 Å². The summed E-state index contributed by atoms with van der Waals surface area (Å²) in [7, 11) is 1.46. The number of hydrogen-bond donors (Lipinski definition) is 3. The third-order valence-corrected chi connectivity index (χ3v) is 4.28. The van der Waals surface area contributed by atoms with Crippen molar-refractivity contribution in [2.24, 2.45) is 0 Å². The first kappa shape index (κ1) is 16.8. The van der Waals surface area contributed by atoms with Crippen LogP contribution in [0.25, 0.3) is 11.1 Å². The van der Waals surface area contributed by atoms with Gasteiger partial charge in [0.25, 0.3) is 11.1 Å². The molecule has 3 amide bonds. The first-order chi connectivity index (χ1) is 12.2. The quantitative estimate of drug-likeness (QED) is 0.493. The van der Waals surface area contributed by atoms with Gasteiger partial charge in [-0.25, -0.2) is 15.2 Å². The summed E-state index contributed by atoms with van der Waals surface area (Å²) < 4.78 is 5.67. The Morgan fingerprint density at radius 3 is 2.64 bits per heavy atom. The average Bonchev–Trinajstić information content (AvgIpc) is 3.07. The van der Waals surface area contributed by atoms with Crippen LogP contribution in [0.5, 0.6) is 0 Å². The summed E-state index contributed by atoms with van der Waals surface area (Å²) in [5.74, 6) is 0.119. The Balaban J connectivity index is 1.70. The zero-order valence-corrected chi connectivity index (χ0v) is 14.2. The fourth-order valence-corrected chi connectivity index (χ4v) is 3.01.